The lowest BCUT2D eigenvalue weighted by molar-refractivity contribution is 0.554. The van der Waals surface area contributed by atoms with E-state index in [1.807, 2.05) is 66.9 Å². The summed E-state index contributed by atoms with van der Waals surface area (Å²) in [6, 6.07) is 16.0. The maximum absolute atomic E-state index is 6.38. The Balaban J connectivity index is 1.45. The van der Waals surface area contributed by atoms with Gasteiger partial charge in [0.2, 0.25) is 5.95 Å². The van der Waals surface area contributed by atoms with Gasteiger partial charge in [-0.15, -0.1) is 0 Å². The molecule has 0 aliphatic carbocycles. The minimum absolute atomic E-state index is 0.317. The molecule has 0 saturated carbocycles. The average Bonchev–Trinajstić information content (AvgIpc) is 3.11. The van der Waals surface area contributed by atoms with Crippen LogP contribution in [0.15, 0.2) is 61.1 Å². The second kappa shape index (κ2) is 9.69. The molecule has 0 saturated heterocycles. The van der Waals surface area contributed by atoms with Crippen molar-refractivity contribution in [1.29, 1.82) is 0 Å². The maximum Gasteiger partial charge on any atom is 0.227 e. The van der Waals surface area contributed by atoms with Gasteiger partial charge in [-0.3, -0.25) is 0 Å². The van der Waals surface area contributed by atoms with Gasteiger partial charge >= 0.3 is 0 Å². The lowest BCUT2D eigenvalue weighted by Crippen LogP contribution is -2.28. The first-order chi connectivity index (χ1) is 15.7. The van der Waals surface area contributed by atoms with Crippen LogP contribution in [0.4, 0.5) is 11.6 Å². The number of benzene rings is 2. The largest absolute Gasteiger partial charge is 0.324 e. The van der Waals surface area contributed by atoms with Crippen molar-refractivity contribution in [3.63, 3.8) is 0 Å². The number of nitrogens with zero attached hydrogens (tertiary/aromatic N) is 4. The summed E-state index contributed by atoms with van der Waals surface area (Å²) in [5.74, 6) is 0.463. The molecule has 2 aromatic heterocycles. The highest BCUT2D eigenvalue weighted by molar-refractivity contribution is 6.40. The van der Waals surface area contributed by atoms with Gasteiger partial charge in [0, 0.05) is 23.3 Å². The number of nitrogens with two attached hydrogens (primary N) is 1. The van der Waals surface area contributed by atoms with Gasteiger partial charge in [-0.25, -0.2) is 15.0 Å². The van der Waals surface area contributed by atoms with E-state index in [-0.39, 0.29) is 0 Å². The Kier molecular flexibility index (Phi) is 6.91. The van der Waals surface area contributed by atoms with E-state index in [4.69, 9.17) is 40.5 Å². The highest BCUT2D eigenvalue weighted by Crippen LogP contribution is 2.29. The normalized spacial score (nSPS) is 11.6. The van der Waals surface area contributed by atoms with Gasteiger partial charge < -0.3 is 15.6 Å². The molecule has 9 heteroatoms. The fourth-order valence-corrected chi connectivity index (χ4v) is 3.85. The third kappa shape index (κ3) is 5.65. The summed E-state index contributed by atoms with van der Waals surface area (Å²) >= 11 is 18.4. The third-order valence-electron chi connectivity index (χ3n) is 5.23. The van der Waals surface area contributed by atoms with Crippen LogP contribution in [0.5, 0.6) is 0 Å². The second-order valence-corrected chi connectivity index (χ2v) is 9.40. The Labute approximate surface area is 207 Å². The van der Waals surface area contributed by atoms with Crippen LogP contribution >= 0.6 is 34.8 Å². The van der Waals surface area contributed by atoms with Crippen LogP contribution in [-0.4, -0.2) is 19.5 Å². The first kappa shape index (κ1) is 23.5. The molecule has 6 nitrogen and oxygen atoms in total. The van der Waals surface area contributed by atoms with Crippen LogP contribution < -0.4 is 11.1 Å². The summed E-state index contributed by atoms with van der Waals surface area (Å²) in [5.41, 5.74) is 10.4. The zero-order valence-electron chi connectivity index (χ0n) is 18.2. The number of halogens is 3. The number of hydrogen-bond acceptors (Lipinski definition) is 5. The lowest BCUT2D eigenvalue weighted by atomic mass is 9.94. The van der Waals surface area contributed by atoms with Crippen molar-refractivity contribution in [3.8, 4) is 11.3 Å². The van der Waals surface area contributed by atoms with Gasteiger partial charge in [0.15, 0.2) is 5.15 Å². The van der Waals surface area contributed by atoms with Crippen molar-refractivity contribution < 1.29 is 0 Å². The third-order valence-corrected chi connectivity index (χ3v) is 6.28. The summed E-state index contributed by atoms with van der Waals surface area (Å²) in [6.07, 6.45) is 4.03. The topological polar surface area (TPSA) is 81.6 Å². The molecule has 4 rings (SSSR count). The van der Waals surface area contributed by atoms with E-state index in [0.29, 0.717) is 33.5 Å². The van der Waals surface area contributed by atoms with Crippen LogP contribution in [0.25, 0.3) is 11.3 Å². The van der Waals surface area contributed by atoms with Gasteiger partial charge in [-0.05, 0) is 43.5 Å². The molecule has 0 amide bonds. The molecular formula is C24H23Cl3N6. The standard InChI is InChI=1S/C24H23Cl3N6/c1-24(2,28)17-7-5-16(6-8-17)20-19(25)13-29-23(32-20)31-18-9-3-15(4-10-18)11-12-33-14-30-21(26)22(33)27/h3-10,13-14H,11-12,28H2,1-2H3,(H,29,31,32). The summed E-state index contributed by atoms with van der Waals surface area (Å²) in [5, 5.41) is 4.48. The van der Waals surface area contributed by atoms with Crippen molar-refractivity contribution in [2.45, 2.75) is 32.4 Å². The molecule has 3 N–H and O–H groups in total. The van der Waals surface area contributed by atoms with Gasteiger partial charge in [-0.1, -0.05) is 71.2 Å². The molecule has 2 heterocycles. The Hall–Kier alpha value is -2.64. The average molecular weight is 502 g/mol. The molecule has 0 atom stereocenters. The van der Waals surface area contributed by atoms with Crippen LogP contribution in [0, 0.1) is 0 Å². The van der Waals surface area contributed by atoms with Crippen LogP contribution in [-0.2, 0) is 18.5 Å². The molecule has 33 heavy (non-hydrogen) atoms. The number of imidazole rings is 1. The monoisotopic (exact) mass is 500 g/mol. The molecule has 0 radical (unpaired) electrons. The Morgan fingerprint density at radius 2 is 1.67 bits per heavy atom. The molecule has 0 bridgehead atoms. The summed E-state index contributed by atoms with van der Waals surface area (Å²) in [6.45, 7) is 4.62. The summed E-state index contributed by atoms with van der Waals surface area (Å²) in [4.78, 5) is 12.9. The minimum atomic E-state index is -0.412. The molecule has 2 aromatic carbocycles. The number of rotatable bonds is 7. The van der Waals surface area contributed by atoms with Crippen LogP contribution in [0.3, 0.4) is 0 Å². The van der Waals surface area contributed by atoms with Crippen LogP contribution in [0.2, 0.25) is 15.3 Å². The number of aryl methyl sites for hydroxylation is 2. The van der Waals surface area contributed by atoms with E-state index in [9.17, 15) is 0 Å². The Bertz CT molecular complexity index is 1240. The Morgan fingerprint density at radius 1 is 0.970 bits per heavy atom. The highest BCUT2D eigenvalue weighted by atomic mass is 35.5. The van der Waals surface area contributed by atoms with E-state index < -0.39 is 5.54 Å². The van der Waals surface area contributed by atoms with E-state index in [1.54, 1.807) is 12.5 Å². The molecule has 0 aliphatic heterocycles. The smallest absolute Gasteiger partial charge is 0.227 e. The number of anilines is 2. The van der Waals surface area contributed by atoms with Crippen LogP contribution in [0.1, 0.15) is 25.0 Å². The SMILES string of the molecule is CC(C)(N)c1ccc(-c2nc(Nc3ccc(CCn4cnc(Cl)c4Cl)cc3)ncc2Cl)cc1. The summed E-state index contributed by atoms with van der Waals surface area (Å²) in [7, 11) is 0. The van der Waals surface area contributed by atoms with Gasteiger partial charge in [0.25, 0.3) is 0 Å². The molecule has 0 spiro atoms. The van der Waals surface area contributed by atoms with Crippen molar-refractivity contribution in [3.05, 3.63) is 87.5 Å². The van der Waals surface area contributed by atoms with Crippen molar-refractivity contribution in [1.82, 2.24) is 19.5 Å². The zero-order chi connectivity index (χ0) is 23.6. The number of nitrogens with one attached hydrogen (secondary N) is 1. The van der Waals surface area contributed by atoms with Crippen molar-refractivity contribution >= 4 is 46.4 Å². The molecule has 0 fully saturated rings. The highest BCUT2D eigenvalue weighted by Gasteiger charge is 2.15. The molecule has 0 unspecified atom stereocenters. The molecular weight excluding hydrogens is 479 g/mol. The number of aromatic nitrogens is 4. The first-order valence-corrected chi connectivity index (χ1v) is 11.5. The van der Waals surface area contributed by atoms with E-state index in [0.717, 1.165) is 28.8 Å². The lowest BCUT2D eigenvalue weighted by Gasteiger charge is -2.19. The summed E-state index contributed by atoms with van der Waals surface area (Å²) < 4.78 is 1.82. The van der Waals surface area contributed by atoms with E-state index >= 15 is 0 Å². The predicted octanol–water partition coefficient (Wildman–Crippen LogP) is 6.48. The fraction of sp³-hybridized carbons (Fsp3) is 0.208. The maximum atomic E-state index is 6.38. The molecule has 4 aromatic rings. The fourth-order valence-electron chi connectivity index (χ4n) is 3.32. The first-order valence-electron chi connectivity index (χ1n) is 10.3. The second-order valence-electron chi connectivity index (χ2n) is 8.28. The number of hydrogen-bond donors (Lipinski definition) is 2. The van der Waals surface area contributed by atoms with Gasteiger partial charge in [0.05, 0.1) is 23.2 Å². The van der Waals surface area contributed by atoms with Crippen molar-refractivity contribution in [2.75, 3.05) is 5.32 Å². The molecule has 170 valence electrons. The minimum Gasteiger partial charge on any atom is -0.324 e. The van der Waals surface area contributed by atoms with Gasteiger partial charge in [0.1, 0.15) is 5.15 Å². The van der Waals surface area contributed by atoms with E-state index in [1.165, 1.54) is 0 Å². The zero-order valence-corrected chi connectivity index (χ0v) is 20.5. The quantitative estimate of drug-likeness (QED) is 0.303. The van der Waals surface area contributed by atoms with Crippen molar-refractivity contribution in [2.24, 2.45) is 5.73 Å². The van der Waals surface area contributed by atoms with E-state index in [2.05, 4.69) is 20.3 Å². The van der Waals surface area contributed by atoms with Gasteiger partial charge in [-0.2, -0.15) is 0 Å². The predicted molar refractivity (Wildman–Crippen MR) is 135 cm³/mol. The molecule has 0 aliphatic rings. The Morgan fingerprint density at radius 3 is 2.27 bits per heavy atom.